The summed E-state index contributed by atoms with van der Waals surface area (Å²) in [6.07, 6.45) is 0.541. The Kier molecular flexibility index (Phi) is 4.56. The number of nitrogens with zero attached hydrogens (tertiary/aromatic N) is 4. The first-order chi connectivity index (χ1) is 14.1. The molecule has 29 heavy (non-hydrogen) atoms. The van der Waals surface area contributed by atoms with Gasteiger partial charge in [-0.15, -0.1) is 0 Å². The van der Waals surface area contributed by atoms with E-state index < -0.39 is 0 Å². The third-order valence-corrected chi connectivity index (χ3v) is 6.12. The molecule has 1 atom stereocenters. The number of carbonyl (C=O) groups is 1. The molecule has 144 valence electrons. The SMILES string of the molecule is O=C1CSC(N2N=C(c3ccc(F)cc3)CC2c2cc3ccccc3nc2Cl)=N1. The molecule has 3 aromatic rings. The van der Waals surface area contributed by atoms with Crippen LogP contribution >= 0.6 is 23.4 Å². The molecule has 5 rings (SSSR count). The monoisotopic (exact) mass is 424 g/mol. The number of hydrogen-bond acceptors (Lipinski definition) is 5. The lowest BCUT2D eigenvalue weighted by Gasteiger charge is -2.23. The third-order valence-electron chi connectivity index (χ3n) is 4.89. The maximum atomic E-state index is 13.3. The standard InChI is InChI=1S/C21H14ClFN4OS/c22-20-15(9-13-3-1-2-4-16(13)24-20)18-10-17(12-5-7-14(23)8-6-12)26-27(18)21-25-19(28)11-29-21/h1-9,18H,10-11H2. The van der Waals surface area contributed by atoms with E-state index in [0.29, 0.717) is 22.5 Å². The van der Waals surface area contributed by atoms with Gasteiger partial charge in [-0.05, 0) is 29.8 Å². The van der Waals surface area contributed by atoms with Gasteiger partial charge in [-0.25, -0.2) is 14.4 Å². The summed E-state index contributed by atoms with van der Waals surface area (Å²) in [7, 11) is 0. The number of para-hydroxylation sites is 1. The van der Waals surface area contributed by atoms with Crippen LogP contribution in [0.3, 0.4) is 0 Å². The molecule has 0 saturated heterocycles. The molecule has 0 fully saturated rings. The lowest BCUT2D eigenvalue weighted by Crippen LogP contribution is -2.24. The van der Waals surface area contributed by atoms with Gasteiger partial charge in [0, 0.05) is 17.4 Å². The summed E-state index contributed by atoms with van der Waals surface area (Å²) in [6, 6.07) is 15.7. The average molecular weight is 425 g/mol. The molecule has 0 aliphatic carbocycles. The number of thioether (sulfide) groups is 1. The van der Waals surface area contributed by atoms with Gasteiger partial charge in [-0.2, -0.15) is 10.1 Å². The number of benzene rings is 2. The molecule has 0 saturated carbocycles. The number of rotatable bonds is 2. The maximum absolute atomic E-state index is 13.3. The van der Waals surface area contributed by atoms with Crippen LogP contribution in [-0.4, -0.2) is 32.5 Å². The Labute approximate surface area is 175 Å². The predicted octanol–water partition coefficient (Wildman–Crippen LogP) is 4.81. The first-order valence-corrected chi connectivity index (χ1v) is 10.4. The Bertz CT molecular complexity index is 1200. The van der Waals surface area contributed by atoms with Crippen LogP contribution in [0.15, 0.2) is 64.7 Å². The van der Waals surface area contributed by atoms with E-state index in [1.54, 1.807) is 17.1 Å². The van der Waals surface area contributed by atoms with E-state index in [-0.39, 0.29) is 17.8 Å². The highest BCUT2D eigenvalue weighted by atomic mass is 35.5. The summed E-state index contributed by atoms with van der Waals surface area (Å²) >= 11 is 7.90. The minimum absolute atomic E-state index is 0.183. The van der Waals surface area contributed by atoms with Crippen LogP contribution in [0, 0.1) is 5.82 Å². The van der Waals surface area contributed by atoms with Crippen molar-refractivity contribution in [1.82, 2.24) is 9.99 Å². The molecule has 2 aliphatic rings. The number of hydrogen-bond donors (Lipinski definition) is 0. The number of fused-ring (bicyclic) bond motifs is 1. The lowest BCUT2D eigenvalue weighted by molar-refractivity contribution is -0.115. The highest BCUT2D eigenvalue weighted by Gasteiger charge is 2.36. The van der Waals surface area contributed by atoms with Gasteiger partial charge in [-0.1, -0.05) is 53.7 Å². The van der Waals surface area contributed by atoms with E-state index in [4.69, 9.17) is 16.7 Å². The van der Waals surface area contributed by atoms with Crippen molar-refractivity contribution < 1.29 is 9.18 Å². The summed E-state index contributed by atoms with van der Waals surface area (Å²) in [5.41, 5.74) is 3.22. The number of halogens is 2. The fraction of sp³-hybridized carbons (Fsp3) is 0.143. The topological polar surface area (TPSA) is 57.9 Å². The minimum atomic E-state index is -0.302. The van der Waals surface area contributed by atoms with Gasteiger partial charge in [0.15, 0.2) is 5.17 Å². The number of amidine groups is 1. The van der Waals surface area contributed by atoms with Crippen LogP contribution in [-0.2, 0) is 4.79 Å². The molecule has 0 N–H and O–H groups in total. The van der Waals surface area contributed by atoms with Crippen LogP contribution in [0.1, 0.15) is 23.6 Å². The molecule has 2 aromatic carbocycles. The Hall–Kier alpha value is -2.77. The van der Waals surface area contributed by atoms with Gasteiger partial charge in [0.25, 0.3) is 5.91 Å². The summed E-state index contributed by atoms with van der Waals surface area (Å²) in [5.74, 6) is -0.190. The number of aromatic nitrogens is 1. The van der Waals surface area contributed by atoms with E-state index in [1.165, 1.54) is 23.9 Å². The summed E-state index contributed by atoms with van der Waals surface area (Å²) < 4.78 is 13.3. The zero-order chi connectivity index (χ0) is 20.0. The van der Waals surface area contributed by atoms with Crippen molar-refractivity contribution in [3.63, 3.8) is 0 Å². The molecule has 0 bridgehead atoms. The zero-order valence-electron chi connectivity index (χ0n) is 15.0. The van der Waals surface area contributed by atoms with E-state index >= 15 is 0 Å². The maximum Gasteiger partial charge on any atom is 0.258 e. The molecule has 0 radical (unpaired) electrons. The molecule has 1 unspecified atom stereocenters. The molecule has 0 spiro atoms. The van der Waals surface area contributed by atoms with E-state index in [2.05, 4.69) is 9.98 Å². The van der Waals surface area contributed by atoms with Gasteiger partial charge < -0.3 is 0 Å². The Morgan fingerprint density at radius 2 is 1.93 bits per heavy atom. The molecule has 2 aliphatic heterocycles. The smallest absolute Gasteiger partial charge is 0.258 e. The van der Waals surface area contributed by atoms with E-state index in [1.807, 2.05) is 30.3 Å². The molecule has 3 heterocycles. The van der Waals surface area contributed by atoms with Crippen molar-refractivity contribution >= 4 is 51.1 Å². The number of carbonyl (C=O) groups excluding carboxylic acids is 1. The Morgan fingerprint density at radius 3 is 2.69 bits per heavy atom. The van der Waals surface area contributed by atoms with Crippen molar-refractivity contribution in [3.8, 4) is 0 Å². The Balaban J connectivity index is 1.59. The van der Waals surface area contributed by atoms with Gasteiger partial charge in [0.1, 0.15) is 11.0 Å². The first kappa shape index (κ1) is 18.3. The molecule has 8 heteroatoms. The van der Waals surface area contributed by atoms with Gasteiger partial charge in [-0.3, -0.25) is 4.79 Å². The van der Waals surface area contributed by atoms with Gasteiger partial charge in [0.05, 0.1) is 23.0 Å². The molecule has 1 amide bonds. The summed E-state index contributed by atoms with van der Waals surface area (Å²) in [5, 5.41) is 8.37. The number of hydrazone groups is 1. The van der Waals surface area contributed by atoms with E-state index in [0.717, 1.165) is 27.7 Å². The van der Waals surface area contributed by atoms with Crippen LogP contribution < -0.4 is 0 Å². The normalized spacial score (nSPS) is 19.0. The second-order valence-electron chi connectivity index (χ2n) is 6.76. The largest absolute Gasteiger partial charge is 0.272 e. The van der Waals surface area contributed by atoms with Crippen LogP contribution in [0.2, 0.25) is 5.15 Å². The second kappa shape index (κ2) is 7.24. The van der Waals surface area contributed by atoms with Crippen molar-refractivity contribution in [1.29, 1.82) is 0 Å². The lowest BCUT2D eigenvalue weighted by atomic mass is 9.98. The fourth-order valence-corrected chi connectivity index (χ4v) is 4.56. The first-order valence-electron chi connectivity index (χ1n) is 9.00. The summed E-state index contributed by atoms with van der Waals surface area (Å²) in [6.45, 7) is 0. The van der Waals surface area contributed by atoms with Crippen LogP contribution in [0.25, 0.3) is 10.9 Å². The van der Waals surface area contributed by atoms with Crippen molar-refractivity contribution in [2.75, 3.05) is 5.75 Å². The van der Waals surface area contributed by atoms with Crippen LogP contribution in [0.5, 0.6) is 0 Å². The van der Waals surface area contributed by atoms with Crippen LogP contribution in [0.4, 0.5) is 4.39 Å². The number of pyridine rings is 1. The highest BCUT2D eigenvalue weighted by Crippen LogP contribution is 2.39. The minimum Gasteiger partial charge on any atom is -0.272 e. The second-order valence-corrected chi connectivity index (χ2v) is 8.06. The molecular weight excluding hydrogens is 411 g/mol. The zero-order valence-corrected chi connectivity index (χ0v) is 16.6. The van der Waals surface area contributed by atoms with E-state index in [9.17, 15) is 9.18 Å². The average Bonchev–Trinajstić information content (AvgIpc) is 3.34. The van der Waals surface area contributed by atoms with Gasteiger partial charge in [0.2, 0.25) is 0 Å². The quantitative estimate of drug-likeness (QED) is 0.554. The molecule has 5 nitrogen and oxygen atoms in total. The summed E-state index contributed by atoms with van der Waals surface area (Å²) in [4.78, 5) is 20.4. The highest BCUT2D eigenvalue weighted by molar-refractivity contribution is 8.14. The number of aliphatic imine (C=N–C) groups is 1. The fourth-order valence-electron chi connectivity index (χ4n) is 3.50. The Morgan fingerprint density at radius 1 is 1.14 bits per heavy atom. The van der Waals surface area contributed by atoms with Gasteiger partial charge >= 0.3 is 0 Å². The predicted molar refractivity (Wildman–Crippen MR) is 114 cm³/mol. The van der Waals surface area contributed by atoms with Crippen molar-refractivity contribution in [3.05, 3.63) is 76.7 Å². The third kappa shape index (κ3) is 3.41. The van der Waals surface area contributed by atoms with Crippen molar-refractivity contribution in [2.24, 2.45) is 10.1 Å². The number of amides is 1. The van der Waals surface area contributed by atoms with Crippen molar-refractivity contribution in [2.45, 2.75) is 12.5 Å². The molecular formula is C21H14ClFN4OS. The molecule has 1 aromatic heterocycles.